The summed E-state index contributed by atoms with van der Waals surface area (Å²) in [7, 11) is 0. The molecule has 0 spiro atoms. The molecule has 0 unspecified atom stereocenters. The second kappa shape index (κ2) is 6.61. The Morgan fingerprint density at radius 3 is 2.85 bits per heavy atom. The zero-order chi connectivity index (χ0) is 17.8. The van der Waals surface area contributed by atoms with Crippen LogP contribution in [0.5, 0.6) is 0 Å². The van der Waals surface area contributed by atoms with E-state index < -0.39 is 0 Å². The summed E-state index contributed by atoms with van der Waals surface area (Å²) < 4.78 is 6.96. The van der Waals surface area contributed by atoms with Gasteiger partial charge in [-0.3, -0.25) is 4.68 Å². The number of halogens is 2. The quantitative estimate of drug-likeness (QED) is 0.416. The summed E-state index contributed by atoms with van der Waals surface area (Å²) >= 11 is 3.58. The van der Waals surface area contributed by atoms with Gasteiger partial charge in [0.05, 0.1) is 36.1 Å². The molecule has 0 aliphatic carbocycles. The largest absolute Gasteiger partial charge is 0.300 e. The Morgan fingerprint density at radius 2 is 2.07 bits per heavy atom. The van der Waals surface area contributed by atoms with Gasteiger partial charge in [-0.05, 0) is 37.6 Å². The molecular weight excluding hydrogens is 430 g/mol. The van der Waals surface area contributed by atoms with E-state index >= 15 is 0 Å². The smallest absolute Gasteiger partial charge is 0.172 e. The highest BCUT2D eigenvalue weighted by atomic mass is 79.9. The first-order valence-corrected chi connectivity index (χ1v) is 9.13. The Morgan fingerprint density at radius 1 is 1.22 bits per heavy atom. The maximum absolute atomic E-state index is 4.83. The minimum atomic E-state index is 0. The third-order valence-corrected chi connectivity index (χ3v) is 5.11. The van der Waals surface area contributed by atoms with Gasteiger partial charge in [-0.25, -0.2) is 14.6 Å². The zero-order valence-electron chi connectivity index (χ0n) is 14.8. The molecule has 27 heavy (non-hydrogen) atoms. The maximum Gasteiger partial charge on any atom is 0.172 e. The summed E-state index contributed by atoms with van der Waals surface area (Å²) in [5, 5.41) is 9.09. The third-order valence-electron chi connectivity index (χ3n) is 4.62. The Balaban J connectivity index is 0.00000180. The van der Waals surface area contributed by atoms with Crippen LogP contribution in [0.1, 0.15) is 22.8 Å². The molecular formula is C18H17BrClN7. The van der Waals surface area contributed by atoms with Crippen molar-refractivity contribution in [2.24, 2.45) is 0 Å². The molecule has 1 aromatic carbocycles. The number of imidazole rings is 1. The third kappa shape index (κ3) is 2.98. The van der Waals surface area contributed by atoms with Crippen molar-refractivity contribution in [2.45, 2.75) is 26.9 Å². The first-order chi connectivity index (χ1) is 12.6. The standard InChI is InChI=1S/C18H16BrN7.ClH/c1-11-6-21-24(7-11)9-17-22-18-14-5-13(19)3-4-15(14)25-10-20-12(2)16(25)8-26(18)23-17;/h3-7,10H,8-9H2,1-2H3;1H. The lowest BCUT2D eigenvalue weighted by Crippen LogP contribution is -2.07. The Hall–Kier alpha value is -2.45. The van der Waals surface area contributed by atoms with Gasteiger partial charge in [0.25, 0.3) is 0 Å². The lowest BCUT2D eigenvalue weighted by Gasteiger charge is -2.08. The van der Waals surface area contributed by atoms with Crippen molar-refractivity contribution in [3.8, 4) is 17.1 Å². The summed E-state index contributed by atoms with van der Waals surface area (Å²) in [6.45, 7) is 5.24. The number of aryl methyl sites for hydroxylation is 2. The number of rotatable bonds is 2. The molecule has 1 aliphatic rings. The van der Waals surface area contributed by atoms with Crippen molar-refractivity contribution < 1.29 is 0 Å². The Labute approximate surface area is 170 Å². The molecule has 9 heteroatoms. The van der Waals surface area contributed by atoms with Gasteiger partial charge in [0.1, 0.15) is 6.54 Å². The molecule has 0 atom stereocenters. The molecule has 0 bridgehead atoms. The van der Waals surface area contributed by atoms with E-state index in [1.54, 1.807) is 0 Å². The molecule has 0 fully saturated rings. The predicted octanol–water partition coefficient (Wildman–Crippen LogP) is 3.54. The van der Waals surface area contributed by atoms with Crippen LogP contribution in [0.4, 0.5) is 0 Å². The van der Waals surface area contributed by atoms with Crippen LogP contribution in [0.2, 0.25) is 0 Å². The molecule has 138 valence electrons. The van der Waals surface area contributed by atoms with Gasteiger partial charge in [0.15, 0.2) is 11.6 Å². The highest BCUT2D eigenvalue weighted by Crippen LogP contribution is 2.33. The van der Waals surface area contributed by atoms with Gasteiger partial charge < -0.3 is 4.57 Å². The van der Waals surface area contributed by atoms with E-state index in [2.05, 4.69) is 42.7 Å². The first kappa shape index (κ1) is 17.9. The molecule has 4 heterocycles. The van der Waals surface area contributed by atoms with Crippen LogP contribution >= 0.6 is 28.3 Å². The molecule has 3 aromatic heterocycles. The summed E-state index contributed by atoms with van der Waals surface area (Å²) in [6.07, 6.45) is 5.71. The molecule has 7 nitrogen and oxygen atoms in total. The molecule has 4 aromatic rings. The summed E-state index contributed by atoms with van der Waals surface area (Å²) in [4.78, 5) is 9.31. The number of hydrogen-bond acceptors (Lipinski definition) is 4. The topological polar surface area (TPSA) is 66.3 Å². The highest BCUT2D eigenvalue weighted by molar-refractivity contribution is 9.10. The van der Waals surface area contributed by atoms with E-state index in [4.69, 9.17) is 10.1 Å². The van der Waals surface area contributed by atoms with Crippen molar-refractivity contribution in [1.82, 2.24) is 34.1 Å². The minimum absolute atomic E-state index is 0. The van der Waals surface area contributed by atoms with Gasteiger partial charge in [0.2, 0.25) is 0 Å². The molecule has 0 amide bonds. The second-order valence-electron chi connectivity index (χ2n) is 6.53. The van der Waals surface area contributed by atoms with Gasteiger partial charge >= 0.3 is 0 Å². The molecule has 0 saturated carbocycles. The highest BCUT2D eigenvalue weighted by Gasteiger charge is 2.24. The molecule has 0 saturated heterocycles. The fraction of sp³-hybridized carbons (Fsp3) is 0.222. The van der Waals surface area contributed by atoms with Crippen LogP contribution < -0.4 is 0 Å². The van der Waals surface area contributed by atoms with Crippen LogP contribution in [0.25, 0.3) is 17.1 Å². The summed E-state index contributed by atoms with van der Waals surface area (Å²) in [6, 6.07) is 6.21. The number of benzene rings is 1. The van der Waals surface area contributed by atoms with Crippen LogP contribution in [0.3, 0.4) is 0 Å². The summed E-state index contributed by atoms with van der Waals surface area (Å²) in [5.74, 6) is 1.61. The number of nitrogens with zero attached hydrogens (tertiary/aromatic N) is 7. The van der Waals surface area contributed by atoms with Crippen molar-refractivity contribution in [3.63, 3.8) is 0 Å². The number of aromatic nitrogens is 7. The van der Waals surface area contributed by atoms with Crippen LogP contribution in [0.15, 0.2) is 41.4 Å². The van der Waals surface area contributed by atoms with Gasteiger partial charge in [0, 0.05) is 16.2 Å². The van der Waals surface area contributed by atoms with Crippen molar-refractivity contribution in [3.05, 3.63) is 64.2 Å². The van der Waals surface area contributed by atoms with E-state index in [9.17, 15) is 0 Å². The van der Waals surface area contributed by atoms with Gasteiger partial charge in [-0.15, -0.1) is 12.4 Å². The molecule has 1 aliphatic heterocycles. The van der Waals surface area contributed by atoms with Gasteiger partial charge in [-0.2, -0.15) is 10.2 Å². The predicted molar refractivity (Wildman–Crippen MR) is 107 cm³/mol. The van der Waals surface area contributed by atoms with Crippen molar-refractivity contribution in [1.29, 1.82) is 0 Å². The van der Waals surface area contributed by atoms with Gasteiger partial charge in [-0.1, -0.05) is 15.9 Å². The fourth-order valence-electron chi connectivity index (χ4n) is 3.36. The van der Waals surface area contributed by atoms with Crippen molar-refractivity contribution in [2.75, 3.05) is 0 Å². The molecule has 0 N–H and O–H groups in total. The molecule has 0 radical (unpaired) electrons. The Kier molecular flexibility index (Phi) is 4.39. The van der Waals surface area contributed by atoms with Crippen molar-refractivity contribution >= 4 is 28.3 Å². The normalized spacial score (nSPS) is 12.0. The van der Waals surface area contributed by atoms with Crippen LogP contribution in [-0.2, 0) is 13.1 Å². The van der Waals surface area contributed by atoms with E-state index in [-0.39, 0.29) is 12.4 Å². The van der Waals surface area contributed by atoms with E-state index in [1.165, 1.54) is 0 Å². The Bertz CT molecular complexity index is 1140. The average molecular weight is 447 g/mol. The number of hydrogen-bond donors (Lipinski definition) is 0. The lowest BCUT2D eigenvalue weighted by molar-refractivity contribution is 0.621. The van der Waals surface area contributed by atoms with E-state index in [0.717, 1.165) is 44.3 Å². The number of fused-ring (bicyclic) bond motifs is 5. The minimum Gasteiger partial charge on any atom is -0.300 e. The monoisotopic (exact) mass is 445 g/mol. The van der Waals surface area contributed by atoms with Crippen LogP contribution in [-0.4, -0.2) is 34.1 Å². The van der Waals surface area contributed by atoms with Crippen LogP contribution in [0, 0.1) is 13.8 Å². The summed E-state index contributed by atoms with van der Waals surface area (Å²) in [5.41, 5.74) is 5.35. The van der Waals surface area contributed by atoms with E-state index in [0.29, 0.717) is 13.1 Å². The zero-order valence-corrected chi connectivity index (χ0v) is 17.2. The fourth-order valence-corrected chi connectivity index (χ4v) is 3.73. The molecule has 5 rings (SSSR count). The second-order valence-corrected chi connectivity index (χ2v) is 7.45. The SMILES string of the molecule is Cc1cnn(Cc2nc3n(n2)Cc2c(C)ncn2-c2ccc(Br)cc2-3)c1.Cl. The van der Waals surface area contributed by atoms with E-state index in [1.807, 2.05) is 48.0 Å². The average Bonchev–Trinajstić information content (AvgIpc) is 3.28. The maximum atomic E-state index is 4.83. The first-order valence-electron chi connectivity index (χ1n) is 8.34. The lowest BCUT2D eigenvalue weighted by atomic mass is 10.1.